The summed E-state index contributed by atoms with van der Waals surface area (Å²) in [5.41, 5.74) is 4.86. The van der Waals surface area contributed by atoms with Gasteiger partial charge in [0.2, 0.25) is 10.0 Å². The fourth-order valence-electron chi connectivity index (χ4n) is 5.67. The largest absolute Gasteiger partial charge is 0.372 e. The fraction of sp³-hybridized carbons (Fsp3) is 0.458. The molecule has 1 amide bonds. The molecule has 2 N–H and O–H groups in total. The summed E-state index contributed by atoms with van der Waals surface area (Å²) >= 11 is 0. The monoisotopic (exact) mass is 455 g/mol. The van der Waals surface area contributed by atoms with Gasteiger partial charge in [-0.3, -0.25) is 10.0 Å². The van der Waals surface area contributed by atoms with Gasteiger partial charge >= 0.3 is 0 Å². The van der Waals surface area contributed by atoms with Crippen molar-refractivity contribution in [2.45, 2.75) is 55.5 Å². The zero-order valence-electron chi connectivity index (χ0n) is 18.0. The molecule has 0 aromatic heterocycles. The molecule has 2 aromatic rings. The van der Waals surface area contributed by atoms with Crippen molar-refractivity contribution in [3.63, 3.8) is 0 Å². The maximum absolute atomic E-state index is 13.5. The number of amides is 1. The molecular formula is C24H29N3O4S. The van der Waals surface area contributed by atoms with Crippen LogP contribution in [0.1, 0.15) is 38.5 Å². The zero-order chi connectivity index (χ0) is 22.3. The van der Waals surface area contributed by atoms with E-state index < -0.39 is 22.0 Å². The molecule has 3 aliphatic rings. The number of nitrogens with zero attached hydrogens (tertiary/aromatic N) is 2. The van der Waals surface area contributed by atoms with Gasteiger partial charge in [0.15, 0.2) is 0 Å². The average molecular weight is 456 g/mol. The molecule has 2 heterocycles. The van der Waals surface area contributed by atoms with Crippen LogP contribution in [0.2, 0.25) is 0 Å². The lowest BCUT2D eigenvalue weighted by atomic mass is 10.0. The summed E-state index contributed by atoms with van der Waals surface area (Å²) < 4.78 is 28.4. The van der Waals surface area contributed by atoms with Crippen LogP contribution in [0.3, 0.4) is 0 Å². The molecule has 2 saturated heterocycles. The Kier molecular flexibility index (Phi) is 5.69. The second-order valence-corrected chi connectivity index (χ2v) is 10.9. The van der Waals surface area contributed by atoms with Crippen molar-refractivity contribution in [2.75, 3.05) is 18.0 Å². The molecule has 32 heavy (non-hydrogen) atoms. The molecule has 2 aromatic carbocycles. The van der Waals surface area contributed by atoms with Crippen molar-refractivity contribution in [1.82, 2.24) is 9.79 Å². The number of hydrogen-bond donors (Lipinski definition) is 2. The lowest BCUT2D eigenvalue weighted by Crippen LogP contribution is -2.48. The molecule has 7 nitrogen and oxygen atoms in total. The van der Waals surface area contributed by atoms with Crippen LogP contribution in [0.4, 0.5) is 5.69 Å². The number of anilines is 1. The molecular weight excluding hydrogens is 426 g/mol. The SMILES string of the molecule is O=C(NO)[C@H]1C[C@H]2CCC[C@H]2N1S(=O)(=O)c1ccc(-c2ccc(N3CCCC3)cc2)cc1. The van der Waals surface area contributed by atoms with Crippen molar-refractivity contribution in [2.24, 2.45) is 5.92 Å². The second-order valence-electron chi connectivity index (χ2n) is 9.09. The summed E-state index contributed by atoms with van der Waals surface area (Å²) in [4.78, 5) is 14.8. The van der Waals surface area contributed by atoms with E-state index in [0.29, 0.717) is 6.42 Å². The molecule has 8 heteroatoms. The Balaban J connectivity index is 1.39. The van der Waals surface area contributed by atoms with Crippen molar-refractivity contribution < 1.29 is 18.4 Å². The standard InChI is InChI=1S/C24H29N3O4S/c28-24(25-29)23-16-19-4-3-5-22(19)27(23)32(30,31)21-12-8-18(9-13-21)17-6-10-20(11-7-17)26-14-1-2-15-26/h6-13,19,22-23,29H,1-5,14-16H2,(H,25,28)/t19-,22-,23-/m1/s1. The summed E-state index contributed by atoms with van der Waals surface area (Å²) in [6.07, 6.45) is 5.55. The number of rotatable bonds is 5. The van der Waals surface area contributed by atoms with Gasteiger partial charge in [-0.15, -0.1) is 0 Å². The third-order valence-electron chi connectivity index (χ3n) is 7.29. The first kappa shape index (κ1) is 21.4. The van der Waals surface area contributed by atoms with Gasteiger partial charge in [0.05, 0.1) is 4.90 Å². The number of hydrogen-bond acceptors (Lipinski definition) is 5. The molecule has 2 aliphatic heterocycles. The molecule has 3 atom stereocenters. The van der Waals surface area contributed by atoms with E-state index in [1.807, 2.05) is 12.1 Å². The van der Waals surface area contributed by atoms with Gasteiger partial charge in [-0.25, -0.2) is 13.9 Å². The first-order chi connectivity index (χ1) is 15.5. The first-order valence-electron chi connectivity index (χ1n) is 11.4. The number of fused-ring (bicyclic) bond motifs is 1. The molecule has 1 aliphatic carbocycles. The minimum atomic E-state index is -3.86. The summed E-state index contributed by atoms with van der Waals surface area (Å²) in [6.45, 7) is 2.19. The van der Waals surface area contributed by atoms with E-state index in [-0.39, 0.29) is 16.9 Å². The van der Waals surface area contributed by atoms with E-state index in [1.165, 1.54) is 22.8 Å². The van der Waals surface area contributed by atoms with Crippen LogP contribution in [0.25, 0.3) is 11.1 Å². The predicted molar refractivity (Wildman–Crippen MR) is 122 cm³/mol. The van der Waals surface area contributed by atoms with Gasteiger partial charge in [0.1, 0.15) is 6.04 Å². The topological polar surface area (TPSA) is 90.0 Å². The second kappa shape index (κ2) is 8.50. The Morgan fingerprint density at radius 2 is 1.53 bits per heavy atom. The highest BCUT2D eigenvalue weighted by Gasteiger charge is 2.52. The normalized spacial score (nSPS) is 25.8. The third kappa shape index (κ3) is 3.70. The lowest BCUT2D eigenvalue weighted by molar-refractivity contribution is -0.132. The van der Waals surface area contributed by atoms with E-state index in [4.69, 9.17) is 5.21 Å². The molecule has 1 saturated carbocycles. The molecule has 170 valence electrons. The zero-order valence-corrected chi connectivity index (χ0v) is 18.8. The number of carbonyl (C=O) groups excluding carboxylic acids is 1. The number of sulfonamides is 1. The number of nitrogens with one attached hydrogen (secondary N) is 1. The maximum atomic E-state index is 13.5. The highest BCUT2D eigenvalue weighted by molar-refractivity contribution is 7.89. The van der Waals surface area contributed by atoms with Crippen LogP contribution < -0.4 is 10.4 Å². The van der Waals surface area contributed by atoms with Gasteiger partial charge in [0, 0.05) is 24.8 Å². The quantitative estimate of drug-likeness (QED) is 0.533. The Labute approximate surface area is 189 Å². The summed E-state index contributed by atoms with van der Waals surface area (Å²) in [6, 6.07) is 14.2. The molecule has 0 radical (unpaired) electrons. The molecule has 0 bridgehead atoms. The Morgan fingerprint density at radius 3 is 2.16 bits per heavy atom. The van der Waals surface area contributed by atoms with Crippen molar-refractivity contribution in [3.8, 4) is 11.1 Å². The van der Waals surface area contributed by atoms with Gasteiger partial charge in [-0.2, -0.15) is 4.31 Å². The van der Waals surface area contributed by atoms with Crippen molar-refractivity contribution in [1.29, 1.82) is 0 Å². The van der Waals surface area contributed by atoms with Crippen LogP contribution in [0.5, 0.6) is 0 Å². The molecule has 5 rings (SSSR count). The average Bonchev–Trinajstić information content (AvgIpc) is 3.56. The summed E-state index contributed by atoms with van der Waals surface area (Å²) in [7, 11) is -3.86. The highest BCUT2D eigenvalue weighted by Crippen LogP contribution is 2.44. The van der Waals surface area contributed by atoms with Gasteiger partial charge < -0.3 is 4.90 Å². The van der Waals surface area contributed by atoms with Gasteiger partial charge in [-0.05, 0) is 73.4 Å². The lowest BCUT2D eigenvalue weighted by Gasteiger charge is -2.27. The van der Waals surface area contributed by atoms with Gasteiger partial charge in [0.25, 0.3) is 5.91 Å². The van der Waals surface area contributed by atoms with Crippen LogP contribution >= 0.6 is 0 Å². The van der Waals surface area contributed by atoms with E-state index >= 15 is 0 Å². The maximum Gasteiger partial charge on any atom is 0.261 e. The molecule has 0 unspecified atom stereocenters. The van der Waals surface area contributed by atoms with E-state index in [9.17, 15) is 13.2 Å². The Hall–Kier alpha value is -2.42. The highest BCUT2D eigenvalue weighted by atomic mass is 32.2. The van der Waals surface area contributed by atoms with E-state index in [0.717, 1.165) is 43.5 Å². The van der Waals surface area contributed by atoms with Crippen LogP contribution in [-0.2, 0) is 14.8 Å². The van der Waals surface area contributed by atoms with Crippen molar-refractivity contribution >= 4 is 21.6 Å². The van der Waals surface area contributed by atoms with E-state index in [1.54, 1.807) is 17.6 Å². The predicted octanol–water partition coefficient (Wildman–Crippen LogP) is 3.39. The first-order valence-corrected chi connectivity index (χ1v) is 12.9. The van der Waals surface area contributed by atoms with Crippen molar-refractivity contribution in [3.05, 3.63) is 48.5 Å². The number of carbonyl (C=O) groups is 1. The van der Waals surface area contributed by atoms with Crippen LogP contribution in [-0.4, -0.2) is 49.0 Å². The Morgan fingerprint density at radius 1 is 0.906 bits per heavy atom. The smallest absolute Gasteiger partial charge is 0.261 e. The minimum Gasteiger partial charge on any atom is -0.372 e. The summed E-state index contributed by atoms with van der Waals surface area (Å²) in [5.74, 6) is -0.488. The van der Waals surface area contributed by atoms with Gasteiger partial charge in [-0.1, -0.05) is 30.7 Å². The van der Waals surface area contributed by atoms with Crippen LogP contribution in [0, 0.1) is 5.92 Å². The summed E-state index contributed by atoms with van der Waals surface area (Å²) in [5, 5.41) is 9.14. The van der Waals surface area contributed by atoms with Crippen LogP contribution in [0.15, 0.2) is 53.4 Å². The minimum absolute atomic E-state index is 0.167. The fourth-order valence-corrected chi connectivity index (χ4v) is 7.55. The molecule has 3 fully saturated rings. The van der Waals surface area contributed by atoms with E-state index in [2.05, 4.69) is 29.2 Å². The number of hydroxylamine groups is 1. The number of benzene rings is 2. The Bertz CT molecular complexity index is 1080. The third-order valence-corrected chi connectivity index (χ3v) is 9.24. The molecule has 0 spiro atoms.